The number of hydrogen-bond donors (Lipinski definition) is 1. The Morgan fingerprint density at radius 1 is 0.706 bits per heavy atom. The Kier molecular flexibility index (Phi) is 8.39. The van der Waals surface area contributed by atoms with E-state index in [9.17, 15) is 0 Å². The molecule has 1 N–H and O–H groups in total. The third kappa shape index (κ3) is 6.05. The van der Waals surface area contributed by atoms with Gasteiger partial charge in [-0.15, -0.1) is 0 Å². The van der Waals surface area contributed by atoms with Gasteiger partial charge >= 0.3 is 142 Å². The minimum absolute atomic E-state index is 0.208. The Morgan fingerprint density at radius 3 is 1.59 bits per heavy atom. The van der Waals surface area contributed by atoms with Crippen LogP contribution in [0.2, 0.25) is 4.68 Å². The number of benzene rings is 3. The first-order valence-electron chi connectivity index (χ1n) is 12.7. The van der Waals surface area contributed by atoms with E-state index in [1.807, 2.05) is 15.5 Å². The van der Waals surface area contributed by atoms with Gasteiger partial charge in [-0.25, -0.2) is 0 Å². The van der Waals surface area contributed by atoms with Crippen molar-refractivity contribution in [3.8, 4) is 11.1 Å². The molecule has 1 nitrogen and oxygen atoms in total. The zero-order chi connectivity index (χ0) is 24.1. The van der Waals surface area contributed by atoms with Crippen molar-refractivity contribution >= 4 is 11.9 Å². The van der Waals surface area contributed by atoms with Gasteiger partial charge in [0.1, 0.15) is 0 Å². The number of nitrogens with one attached hydrogen (secondary N) is 1. The summed E-state index contributed by atoms with van der Waals surface area (Å²) in [7, 11) is 0. The molecule has 2 aliphatic carbocycles. The fraction of sp³-hybridized carbons (Fsp3) is 0.290. The molecule has 0 radical (unpaired) electrons. The van der Waals surface area contributed by atoms with E-state index >= 15 is 0 Å². The van der Waals surface area contributed by atoms with Crippen molar-refractivity contribution in [1.82, 2.24) is 3.30 Å². The summed E-state index contributed by atoms with van der Waals surface area (Å²) in [5.41, 5.74) is 7.40. The molecule has 5 rings (SSSR count). The van der Waals surface area contributed by atoms with Crippen LogP contribution in [0.1, 0.15) is 40.5 Å². The topological polar surface area (TPSA) is 12.0 Å². The average Bonchev–Trinajstić information content (AvgIpc) is 3.65. The molecule has 3 heteroatoms. The van der Waals surface area contributed by atoms with Crippen molar-refractivity contribution in [1.29, 1.82) is 0 Å². The van der Waals surface area contributed by atoms with Crippen molar-refractivity contribution < 1.29 is 19.4 Å². The van der Waals surface area contributed by atoms with Crippen molar-refractivity contribution in [3.63, 3.8) is 0 Å². The molecule has 0 bridgehead atoms. The van der Waals surface area contributed by atoms with Gasteiger partial charge in [0.05, 0.1) is 0 Å². The Hall–Kier alpha value is -1.81. The number of allylic oxidation sites excluding steroid dienone is 4. The quantitative estimate of drug-likeness (QED) is 0.293. The largest absolute Gasteiger partial charge is 0.0622 e. The molecule has 176 valence electrons. The average molecular weight is 632 g/mol. The van der Waals surface area contributed by atoms with E-state index in [1.54, 1.807) is 21.9 Å². The van der Waals surface area contributed by atoms with Gasteiger partial charge in [-0.05, 0) is 11.1 Å². The molecule has 2 unspecified atom stereocenters. The standard InChI is InChI=1S/C12H10.C9H13.C6H7Si.C3H6N.CH3.Hf/c1-3-7-11(8-4-1)12-9-5-2-6-10-12;1-6-5-7(2)9(4)8(6)3;7-6-4-2-1-3-5-6;4-3-1-2-3;;/h1-10H;6H,1-4H3;1-5H,7H2;3-4H,1-2H2;1H3;/q;;;-1;;+1. The number of rotatable bonds is 6. The molecule has 1 fully saturated rings. The first-order valence-corrected chi connectivity index (χ1v) is 28.9. The van der Waals surface area contributed by atoms with Crippen LogP contribution in [-0.4, -0.2) is 12.7 Å². The minimum atomic E-state index is -2.58. The van der Waals surface area contributed by atoms with Gasteiger partial charge in [0.25, 0.3) is 0 Å². The predicted molar refractivity (Wildman–Crippen MR) is 149 cm³/mol. The van der Waals surface area contributed by atoms with Gasteiger partial charge in [0.15, 0.2) is 0 Å². The van der Waals surface area contributed by atoms with Crippen molar-refractivity contribution in [2.45, 2.75) is 51.3 Å². The number of hydrogen-bond acceptors (Lipinski definition) is 1. The van der Waals surface area contributed by atoms with Gasteiger partial charge in [-0.1, -0.05) is 60.7 Å². The fourth-order valence-corrected chi connectivity index (χ4v) is 41.3. The normalized spacial score (nSPS) is 19.9. The van der Waals surface area contributed by atoms with Crippen molar-refractivity contribution in [2.24, 2.45) is 5.92 Å². The third-order valence-electron chi connectivity index (χ3n) is 7.62. The summed E-state index contributed by atoms with van der Waals surface area (Å²) < 4.78 is 8.85. The van der Waals surface area contributed by atoms with Gasteiger partial charge in [-0.3, -0.25) is 0 Å². The predicted octanol–water partition coefficient (Wildman–Crippen LogP) is 6.88. The second-order valence-corrected chi connectivity index (χ2v) is 39.3. The molecule has 2 aliphatic rings. The molecule has 0 aliphatic heterocycles. The maximum atomic E-state index is 4.26. The van der Waals surface area contributed by atoms with Crippen LogP contribution in [0.4, 0.5) is 0 Å². The Labute approximate surface area is 212 Å². The van der Waals surface area contributed by atoms with Crippen LogP contribution < -0.4 is 8.49 Å². The molecule has 0 heterocycles. The van der Waals surface area contributed by atoms with Crippen LogP contribution in [0, 0.1) is 5.92 Å². The second kappa shape index (κ2) is 11.3. The van der Waals surface area contributed by atoms with Crippen LogP contribution in [0.5, 0.6) is 0 Å². The van der Waals surface area contributed by atoms with Gasteiger partial charge in [0, 0.05) is 0 Å². The molecule has 0 aromatic heterocycles. The van der Waals surface area contributed by atoms with E-state index in [0.717, 1.165) is 6.04 Å². The first-order chi connectivity index (χ1) is 16.4. The minimum Gasteiger partial charge on any atom is -0.0622 e. The van der Waals surface area contributed by atoms with E-state index in [4.69, 9.17) is 0 Å². The van der Waals surface area contributed by atoms with E-state index < -0.39 is 19.4 Å². The molecular weight excluding hydrogens is 593 g/mol. The first kappa shape index (κ1) is 25.3. The van der Waals surface area contributed by atoms with E-state index in [2.05, 4.69) is 115 Å². The SMILES string of the molecule is CC1=C(C)C(C)[C]([Hf]([CH3])([NH]C2CC2)[SiH2]c2ccccc2)=C1C.c1ccc(-c2ccccc2)cc1. The summed E-state index contributed by atoms with van der Waals surface area (Å²) in [5.74, 6) is 0.689. The van der Waals surface area contributed by atoms with Crippen molar-refractivity contribution in [2.75, 3.05) is 0 Å². The van der Waals surface area contributed by atoms with Gasteiger partial charge in [0.2, 0.25) is 0 Å². The fourth-order valence-electron chi connectivity index (χ4n) is 5.42. The van der Waals surface area contributed by atoms with Crippen molar-refractivity contribution in [3.05, 3.63) is 111 Å². The summed E-state index contributed by atoms with van der Waals surface area (Å²) in [5, 5.41) is 1.66. The van der Waals surface area contributed by atoms with Crippen LogP contribution in [-0.2, 0) is 19.4 Å². The van der Waals surface area contributed by atoms with Crippen LogP contribution in [0.3, 0.4) is 0 Å². The summed E-state index contributed by atoms with van der Waals surface area (Å²) in [6.07, 6.45) is 2.82. The maximum absolute atomic E-state index is 4.26. The summed E-state index contributed by atoms with van der Waals surface area (Å²) in [4.78, 5) is 0. The molecule has 0 saturated heterocycles. The zero-order valence-electron chi connectivity index (χ0n) is 21.4. The van der Waals surface area contributed by atoms with E-state index in [-0.39, 0.29) is 6.71 Å². The second-order valence-electron chi connectivity index (χ2n) is 10.2. The molecule has 3 aromatic carbocycles. The summed E-state index contributed by atoms with van der Waals surface area (Å²) in [6, 6.07) is 33.0. The van der Waals surface area contributed by atoms with Gasteiger partial charge in [-0.2, -0.15) is 0 Å². The molecule has 0 spiro atoms. The van der Waals surface area contributed by atoms with Crippen LogP contribution >= 0.6 is 0 Å². The van der Waals surface area contributed by atoms with Crippen LogP contribution in [0.15, 0.2) is 111 Å². The summed E-state index contributed by atoms with van der Waals surface area (Å²) in [6.45, 7) is 9.33. The Bertz CT molecular complexity index is 1110. The van der Waals surface area contributed by atoms with Gasteiger partial charge < -0.3 is 0 Å². The Balaban J connectivity index is 0.000000192. The summed E-state index contributed by atoms with van der Waals surface area (Å²) >= 11 is -2.58. The molecule has 3 aromatic rings. The molecule has 34 heavy (non-hydrogen) atoms. The van der Waals surface area contributed by atoms with Crippen LogP contribution in [0.25, 0.3) is 11.1 Å². The smallest absolute Gasteiger partial charge is 0.0184 e. The monoisotopic (exact) mass is 633 g/mol. The maximum Gasteiger partial charge on any atom is -0.0184 e. The molecule has 1 saturated carbocycles. The van der Waals surface area contributed by atoms with E-state index in [1.165, 1.54) is 24.0 Å². The molecule has 2 atom stereocenters. The third-order valence-corrected chi connectivity index (χ3v) is 36.9. The van der Waals surface area contributed by atoms with E-state index in [0.29, 0.717) is 5.92 Å². The Morgan fingerprint density at radius 2 is 1.18 bits per heavy atom. The molecular formula is C31H39HfNSi. The zero-order valence-corrected chi connectivity index (χ0v) is 26.4. The molecule has 0 amide bonds.